The Labute approximate surface area is 190 Å². The van der Waals surface area contributed by atoms with Crippen LogP contribution in [0.2, 0.25) is 0 Å². The van der Waals surface area contributed by atoms with Gasteiger partial charge in [-0.25, -0.2) is 8.42 Å². The van der Waals surface area contributed by atoms with E-state index < -0.39 is 9.84 Å². The number of sulfone groups is 1. The first kappa shape index (κ1) is 23.7. The van der Waals surface area contributed by atoms with Gasteiger partial charge in [0.25, 0.3) is 0 Å². The Morgan fingerprint density at radius 1 is 1.29 bits per heavy atom. The average Bonchev–Trinajstić information content (AvgIpc) is 2.90. The van der Waals surface area contributed by atoms with Crippen LogP contribution in [0.4, 0.5) is 5.69 Å². The van der Waals surface area contributed by atoms with Crippen molar-refractivity contribution in [3.8, 4) is 0 Å². The minimum atomic E-state index is -3.29. The Hall–Kier alpha value is -2.00. The summed E-state index contributed by atoms with van der Waals surface area (Å²) in [6.07, 6.45) is 3.54. The zero-order chi connectivity index (χ0) is 22.4. The van der Waals surface area contributed by atoms with Gasteiger partial charge < -0.3 is 21.7 Å². The van der Waals surface area contributed by atoms with Crippen molar-refractivity contribution in [2.24, 2.45) is 5.73 Å². The van der Waals surface area contributed by atoms with E-state index in [1.54, 1.807) is 23.9 Å². The number of benzene rings is 2. The number of nitrogens with zero attached hydrogens (tertiary/aromatic N) is 1. The highest BCUT2D eigenvalue weighted by Crippen LogP contribution is 2.32. The van der Waals surface area contributed by atoms with Crippen molar-refractivity contribution in [1.82, 2.24) is 10.2 Å². The molecule has 6 nitrogen and oxygen atoms in total. The molecule has 0 aromatic heterocycles. The van der Waals surface area contributed by atoms with Crippen molar-refractivity contribution in [3.05, 3.63) is 65.9 Å². The quantitative estimate of drug-likeness (QED) is 0.300. The number of thioether (sulfide) groups is 1. The van der Waals surface area contributed by atoms with Crippen LogP contribution in [0, 0.1) is 0 Å². The number of nitrogens with two attached hydrogens (primary N) is 2. The molecule has 1 unspecified atom stereocenters. The van der Waals surface area contributed by atoms with Crippen molar-refractivity contribution in [2.45, 2.75) is 35.2 Å². The zero-order valence-corrected chi connectivity index (χ0v) is 19.6. The maximum atomic E-state index is 12.7. The molecule has 1 heterocycles. The van der Waals surface area contributed by atoms with Gasteiger partial charge in [0, 0.05) is 41.8 Å². The molecule has 0 saturated carbocycles. The van der Waals surface area contributed by atoms with E-state index in [9.17, 15) is 8.42 Å². The molecule has 1 aliphatic heterocycles. The fraction of sp³-hybridized carbons (Fsp3) is 0.391. The van der Waals surface area contributed by atoms with Crippen LogP contribution in [0.15, 0.2) is 64.5 Å². The lowest BCUT2D eigenvalue weighted by molar-refractivity contribution is 0.330. The van der Waals surface area contributed by atoms with Crippen molar-refractivity contribution in [3.63, 3.8) is 0 Å². The van der Waals surface area contributed by atoms with E-state index in [0.717, 1.165) is 40.4 Å². The minimum Gasteiger partial charge on any atom is -0.398 e. The molecule has 2 aromatic carbocycles. The van der Waals surface area contributed by atoms with Crippen LogP contribution in [0.25, 0.3) is 0 Å². The molecule has 1 aliphatic rings. The molecule has 0 amide bonds. The summed E-state index contributed by atoms with van der Waals surface area (Å²) in [5.74, 6) is 0.0817. The highest BCUT2D eigenvalue weighted by Gasteiger charge is 2.27. The highest BCUT2D eigenvalue weighted by atomic mass is 32.2. The smallest absolute Gasteiger partial charge is 0.180 e. The van der Waals surface area contributed by atoms with Crippen LogP contribution in [0.5, 0.6) is 0 Å². The van der Waals surface area contributed by atoms with E-state index in [-0.39, 0.29) is 11.8 Å². The first-order valence-corrected chi connectivity index (χ1v) is 13.3. The number of nitrogen functional groups attached to an aromatic ring is 1. The van der Waals surface area contributed by atoms with Crippen LogP contribution < -0.4 is 16.8 Å². The normalized spacial score (nSPS) is 16.4. The molecule has 0 fully saturated rings. The molecular formula is C23H32N4O2S2. The van der Waals surface area contributed by atoms with Gasteiger partial charge in [-0.05, 0) is 61.2 Å². The molecule has 0 bridgehead atoms. The Kier molecular flexibility index (Phi) is 8.05. The van der Waals surface area contributed by atoms with Gasteiger partial charge in [-0.2, -0.15) is 0 Å². The predicted octanol–water partition coefficient (Wildman–Crippen LogP) is 3.16. The monoisotopic (exact) mass is 460 g/mol. The molecule has 168 valence electrons. The molecule has 2 aromatic rings. The maximum Gasteiger partial charge on any atom is 0.180 e. The summed E-state index contributed by atoms with van der Waals surface area (Å²) >= 11 is 1.68. The van der Waals surface area contributed by atoms with Gasteiger partial charge in [-0.1, -0.05) is 24.8 Å². The van der Waals surface area contributed by atoms with Crippen LogP contribution in [0.1, 0.15) is 30.0 Å². The molecule has 5 N–H and O–H groups in total. The number of anilines is 1. The Morgan fingerprint density at radius 2 is 2.06 bits per heavy atom. The second kappa shape index (κ2) is 10.5. The lowest BCUT2D eigenvalue weighted by atomic mass is 9.99. The largest absolute Gasteiger partial charge is 0.398 e. The molecule has 0 spiro atoms. The third-order valence-corrected chi connectivity index (χ3v) is 8.14. The number of hydrogen-bond donors (Lipinski definition) is 3. The van der Waals surface area contributed by atoms with Gasteiger partial charge in [-0.15, -0.1) is 11.8 Å². The zero-order valence-electron chi connectivity index (χ0n) is 18.0. The lowest BCUT2D eigenvalue weighted by Crippen LogP contribution is -2.30. The SMILES string of the molecule is C=C(CC(NCCCN)c1cc(SC)ccc1N)N1CCS(=O)(=O)c2ccccc2C1. The summed E-state index contributed by atoms with van der Waals surface area (Å²) < 4.78 is 25.4. The first-order valence-electron chi connectivity index (χ1n) is 10.5. The number of hydrogen-bond acceptors (Lipinski definition) is 7. The number of nitrogens with one attached hydrogen (secondary N) is 1. The second-order valence-corrected chi connectivity index (χ2v) is 10.7. The van der Waals surface area contributed by atoms with E-state index in [0.29, 0.717) is 31.0 Å². The molecule has 0 aliphatic carbocycles. The fourth-order valence-electron chi connectivity index (χ4n) is 3.85. The fourth-order valence-corrected chi connectivity index (χ4v) is 5.80. The summed E-state index contributed by atoms with van der Waals surface area (Å²) in [6.45, 7) is 6.67. The molecule has 0 saturated heterocycles. The first-order chi connectivity index (χ1) is 14.9. The van der Waals surface area contributed by atoms with Crippen molar-refractivity contribution < 1.29 is 8.42 Å². The predicted molar refractivity (Wildman–Crippen MR) is 130 cm³/mol. The molecule has 3 rings (SSSR count). The van der Waals surface area contributed by atoms with Gasteiger partial charge in [-0.3, -0.25) is 0 Å². The van der Waals surface area contributed by atoms with Gasteiger partial charge in [0.15, 0.2) is 9.84 Å². The summed E-state index contributed by atoms with van der Waals surface area (Å²) in [5, 5.41) is 3.58. The van der Waals surface area contributed by atoms with E-state index in [1.807, 2.05) is 30.5 Å². The van der Waals surface area contributed by atoms with Crippen molar-refractivity contribution >= 4 is 27.3 Å². The molecule has 1 atom stereocenters. The Bertz CT molecular complexity index is 1020. The Balaban J connectivity index is 1.83. The van der Waals surface area contributed by atoms with Gasteiger partial charge in [0.1, 0.15) is 0 Å². The highest BCUT2D eigenvalue weighted by molar-refractivity contribution is 7.98. The number of fused-ring (bicyclic) bond motifs is 1. The standard InChI is InChI=1S/C23H32N4O2S2/c1-17(27-12-13-31(28,29)23-7-4-3-6-18(23)16-27)14-22(26-11-5-10-24)20-15-19(30-2)8-9-21(20)25/h3-4,6-9,15,22,26H,1,5,10-14,16,24-25H2,2H3. The molecule has 0 radical (unpaired) electrons. The minimum absolute atomic E-state index is 0.0266. The summed E-state index contributed by atoms with van der Waals surface area (Å²) in [4.78, 5) is 3.66. The van der Waals surface area contributed by atoms with Crippen LogP contribution >= 0.6 is 11.8 Å². The summed E-state index contributed by atoms with van der Waals surface area (Å²) in [5.41, 5.74) is 15.5. The van der Waals surface area contributed by atoms with Crippen LogP contribution in [-0.4, -0.2) is 45.0 Å². The molecular weight excluding hydrogens is 428 g/mol. The van der Waals surface area contributed by atoms with E-state index >= 15 is 0 Å². The summed E-state index contributed by atoms with van der Waals surface area (Å²) in [6, 6.07) is 13.3. The summed E-state index contributed by atoms with van der Waals surface area (Å²) in [7, 11) is -3.29. The molecule has 8 heteroatoms. The lowest BCUT2D eigenvalue weighted by Gasteiger charge is -2.29. The average molecular weight is 461 g/mol. The van der Waals surface area contributed by atoms with E-state index in [2.05, 4.69) is 22.9 Å². The van der Waals surface area contributed by atoms with Crippen molar-refractivity contribution in [2.75, 3.05) is 37.4 Å². The van der Waals surface area contributed by atoms with Gasteiger partial charge >= 0.3 is 0 Å². The van der Waals surface area contributed by atoms with Crippen LogP contribution in [-0.2, 0) is 16.4 Å². The van der Waals surface area contributed by atoms with Crippen molar-refractivity contribution in [1.29, 1.82) is 0 Å². The third-order valence-electron chi connectivity index (χ3n) is 5.63. The third kappa shape index (κ3) is 5.83. The number of rotatable bonds is 9. The Morgan fingerprint density at radius 3 is 2.81 bits per heavy atom. The maximum absolute atomic E-state index is 12.7. The second-order valence-electron chi connectivity index (χ2n) is 7.76. The van der Waals surface area contributed by atoms with E-state index in [4.69, 9.17) is 11.5 Å². The van der Waals surface area contributed by atoms with Gasteiger partial charge in [0.05, 0.1) is 10.6 Å². The topological polar surface area (TPSA) is 101 Å². The molecule has 31 heavy (non-hydrogen) atoms. The van der Waals surface area contributed by atoms with E-state index in [1.165, 1.54) is 0 Å². The van der Waals surface area contributed by atoms with Crippen LogP contribution in [0.3, 0.4) is 0 Å². The van der Waals surface area contributed by atoms with Gasteiger partial charge in [0.2, 0.25) is 0 Å².